The molecule has 6 heteroatoms. The van der Waals surface area contributed by atoms with Gasteiger partial charge in [-0.3, -0.25) is 4.79 Å². The lowest BCUT2D eigenvalue weighted by Gasteiger charge is -2.33. The zero-order valence-electron chi connectivity index (χ0n) is 19.1. The van der Waals surface area contributed by atoms with Crippen LogP contribution in [0.5, 0.6) is 23.0 Å². The molecule has 2 atom stereocenters. The second-order valence-electron chi connectivity index (χ2n) is 8.45. The number of ether oxygens (including phenoxy) is 2. The molecular formula is C26H30O6. The summed E-state index contributed by atoms with van der Waals surface area (Å²) in [6.45, 7) is 7.80. The summed E-state index contributed by atoms with van der Waals surface area (Å²) in [6.07, 6.45) is 2.18. The Bertz CT molecular complexity index is 1070. The van der Waals surface area contributed by atoms with Crippen LogP contribution >= 0.6 is 0 Å². The van der Waals surface area contributed by atoms with Gasteiger partial charge in [-0.1, -0.05) is 35.4 Å². The third-order valence-electron chi connectivity index (χ3n) is 5.48. The van der Waals surface area contributed by atoms with Crippen molar-refractivity contribution in [3.8, 4) is 23.0 Å². The first-order valence-electron chi connectivity index (χ1n) is 10.5. The van der Waals surface area contributed by atoms with Gasteiger partial charge in [-0.15, -0.1) is 0 Å². The minimum atomic E-state index is -1.46. The molecule has 3 rings (SSSR count). The Morgan fingerprint density at radius 2 is 1.56 bits per heavy atom. The van der Waals surface area contributed by atoms with Crippen LogP contribution in [0.25, 0.3) is 0 Å². The van der Waals surface area contributed by atoms with Crippen LogP contribution < -0.4 is 9.47 Å². The average molecular weight is 439 g/mol. The van der Waals surface area contributed by atoms with E-state index in [1.165, 1.54) is 19.2 Å². The van der Waals surface area contributed by atoms with E-state index in [0.717, 1.165) is 11.1 Å². The van der Waals surface area contributed by atoms with Gasteiger partial charge in [0.2, 0.25) is 5.78 Å². The van der Waals surface area contributed by atoms with Gasteiger partial charge in [0.05, 0.1) is 7.11 Å². The van der Waals surface area contributed by atoms with Crippen molar-refractivity contribution in [2.24, 2.45) is 0 Å². The first-order chi connectivity index (χ1) is 15.1. The molecule has 0 spiro atoms. The Hall–Kier alpha value is -3.25. The molecule has 32 heavy (non-hydrogen) atoms. The van der Waals surface area contributed by atoms with Gasteiger partial charge in [0.15, 0.2) is 12.2 Å². The van der Waals surface area contributed by atoms with E-state index in [-0.39, 0.29) is 28.6 Å². The lowest BCUT2D eigenvalue weighted by Crippen LogP contribution is -2.37. The highest BCUT2D eigenvalue weighted by Gasteiger charge is 2.42. The number of Topliss-reactive ketones (excluding diaryl/α,β-unsaturated/α-hetero) is 1. The van der Waals surface area contributed by atoms with Crippen LogP contribution in [-0.2, 0) is 12.8 Å². The van der Waals surface area contributed by atoms with E-state index in [0.29, 0.717) is 29.5 Å². The van der Waals surface area contributed by atoms with E-state index >= 15 is 0 Å². The molecular weight excluding hydrogens is 408 g/mol. The minimum Gasteiger partial charge on any atom is -0.508 e. The molecule has 0 saturated carbocycles. The monoisotopic (exact) mass is 438 g/mol. The normalized spacial score (nSPS) is 17.2. The Kier molecular flexibility index (Phi) is 6.94. The number of phenolic OH excluding ortho intramolecular Hbond substituents is 2. The highest BCUT2D eigenvalue weighted by molar-refractivity contribution is 6.07. The molecule has 170 valence electrons. The van der Waals surface area contributed by atoms with Gasteiger partial charge in [-0.25, -0.2) is 0 Å². The van der Waals surface area contributed by atoms with Crippen molar-refractivity contribution in [2.45, 2.75) is 52.7 Å². The van der Waals surface area contributed by atoms with Crippen LogP contribution in [0.1, 0.15) is 60.8 Å². The van der Waals surface area contributed by atoms with Crippen LogP contribution in [0.4, 0.5) is 0 Å². The highest BCUT2D eigenvalue weighted by atomic mass is 16.5. The van der Waals surface area contributed by atoms with Crippen molar-refractivity contribution >= 4 is 5.78 Å². The molecule has 6 nitrogen and oxygen atoms in total. The fraction of sp³-hybridized carbons (Fsp3) is 0.346. The number of hydrogen-bond acceptors (Lipinski definition) is 6. The number of ketones is 1. The molecule has 0 aliphatic carbocycles. The maximum Gasteiger partial charge on any atom is 0.202 e. The van der Waals surface area contributed by atoms with Crippen LogP contribution in [-0.4, -0.2) is 34.3 Å². The van der Waals surface area contributed by atoms with Crippen LogP contribution in [0.2, 0.25) is 0 Å². The summed E-state index contributed by atoms with van der Waals surface area (Å²) in [5, 5.41) is 31.6. The van der Waals surface area contributed by atoms with Crippen LogP contribution in [0.3, 0.4) is 0 Å². The van der Waals surface area contributed by atoms with E-state index in [1.54, 1.807) is 12.1 Å². The highest BCUT2D eigenvalue weighted by Crippen LogP contribution is 2.49. The summed E-state index contributed by atoms with van der Waals surface area (Å²) in [5.41, 5.74) is 3.75. The van der Waals surface area contributed by atoms with Gasteiger partial charge in [0.1, 0.15) is 28.6 Å². The number of hydrogen-bond donors (Lipinski definition) is 3. The number of allylic oxidation sites excluding steroid dienone is 4. The molecule has 0 amide bonds. The van der Waals surface area contributed by atoms with Crippen LogP contribution in [0, 0.1) is 0 Å². The van der Waals surface area contributed by atoms with E-state index in [4.69, 9.17) is 9.47 Å². The van der Waals surface area contributed by atoms with Crippen molar-refractivity contribution in [1.82, 2.24) is 0 Å². The topological polar surface area (TPSA) is 96.2 Å². The third-order valence-corrected chi connectivity index (χ3v) is 5.48. The number of aromatic hydroxyl groups is 2. The number of fused-ring (bicyclic) bond motifs is 1. The summed E-state index contributed by atoms with van der Waals surface area (Å²) in [4.78, 5) is 13.4. The third kappa shape index (κ3) is 4.50. The number of benzene rings is 2. The molecule has 2 aromatic rings. The molecule has 2 unspecified atom stereocenters. The molecule has 1 aliphatic rings. The number of phenols is 2. The number of carbonyl (C=O) groups is 1. The SMILES string of the molecule is COc1c(CC=C(C)C)c(O)c(CC=C(C)C)c2c1C(=O)C(O)C(c1ccc(O)cc1)O2. The van der Waals surface area contributed by atoms with E-state index in [1.807, 2.05) is 39.8 Å². The fourth-order valence-electron chi connectivity index (χ4n) is 3.76. The molecule has 0 fully saturated rings. The van der Waals surface area contributed by atoms with Gasteiger partial charge in [0.25, 0.3) is 0 Å². The second kappa shape index (κ2) is 9.49. The predicted molar refractivity (Wildman–Crippen MR) is 123 cm³/mol. The van der Waals surface area contributed by atoms with Crippen molar-refractivity contribution in [3.63, 3.8) is 0 Å². The molecule has 0 aromatic heterocycles. The van der Waals surface area contributed by atoms with Crippen LogP contribution in [0.15, 0.2) is 47.6 Å². The number of rotatable bonds is 6. The maximum atomic E-state index is 13.4. The quantitative estimate of drug-likeness (QED) is 0.561. The van der Waals surface area contributed by atoms with Crippen molar-refractivity contribution in [1.29, 1.82) is 0 Å². The zero-order chi connectivity index (χ0) is 23.6. The second-order valence-corrected chi connectivity index (χ2v) is 8.45. The zero-order valence-corrected chi connectivity index (χ0v) is 19.1. The Balaban J connectivity index is 2.25. The average Bonchev–Trinajstić information content (AvgIpc) is 2.74. The Labute approximate surface area is 188 Å². The lowest BCUT2D eigenvalue weighted by molar-refractivity contribution is 0.0206. The van der Waals surface area contributed by atoms with Gasteiger partial charge in [-0.2, -0.15) is 0 Å². The summed E-state index contributed by atoms with van der Waals surface area (Å²) >= 11 is 0. The molecule has 2 aromatic carbocycles. The number of carbonyl (C=O) groups excluding carboxylic acids is 1. The van der Waals surface area contributed by atoms with E-state index < -0.39 is 18.0 Å². The molecule has 1 heterocycles. The molecule has 1 aliphatic heterocycles. The first-order valence-corrected chi connectivity index (χ1v) is 10.5. The lowest BCUT2D eigenvalue weighted by atomic mass is 9.87. The molecule has 0 saturated heterocycles. The molecule has 0 bridgehead atoms. The number of aliphatic hydroxyl groups is 1. The van der Waals surface area contributed by atoms with Gasteiger partial charge in [0, 0.05) is 11.1 Å². The maximum absolute atomic E-state index is 13.4. The van der Waals surface area contributed by atoms with Gasteiger partial charge >= 0.3 is 0 Å². The van der Waals surface area contributed by atoms with Crippen molar-refractivity contribution < 1.29 is 29.6 Å². The molecule has 0 radical (unpaired) electrons. The Morgan fingerprint density at radius 3 is 2.09 bits per heavy atom. The van der Waals surface area contributed by atoms with E-state index in [9.17, 15) is 20.1 Å². The van der Waals surface area contributed by atoms with Gasteiger partial charge in [-0.05, 0) is 58.2 Å². The van der Waals surface area contributed by atoms with Gasteiger partial charge < -0.3 is 24.8 Å². The molecule has 3 N–H and O–H groups in total. The Morgan fingerprint density at radius 1 is 1.00 bits per heavy atom. The predicted octanol–water partition coefficient (Wildman–Crippen LogP) is 4.80. The standard InChI is InChI=1S/C26H30O6/c1-14(2)6-12-18-21(28)19(13-7-15(3)4)26-20(25(18)31-5)22(29)23(30)24(32-26)16-8-10-17(27)11-9-16/h6-11,23-24,27-28,30H,12-13H2,1-5H3. The first kappa shape index (κ1) is 23.4. The summed E-state index contributed by atoms with van der Waals surface area (Å²) in [7, 11) is 1.43. The summed E-state index contributed by atoms with van der Waals surface area (Å²) < 4.78 is 11.7. The van der Waals surface area contributed by atoms with Crippen molar-refractivity contribution in [2.75, 3.05) is 7.11 Å². The number of methoxy groups -OCH3 is 1. The minimum absolute atomic E-state index is 0.0178. The fourth-order valence-corrected chi connectivity index (χ4v) is 3.76. The van der Waals surface area contributed by atoms with E-state index in [2.05, 4.69) is 0 Å². The van der Waals surface area contributed by atoms with Crippen molar-refractivity contribution in [3.05, 3.63) is 69.8 Å². The summed E-state index contributed by atoms with van der Waals surface area (Å²) in [5.74, 6) is -0.0177. The summed E-state index contributed by atoms with van der Waals surface area (Å²) in [6, 6.07) is 6.13. The number of aliphatic hydroxyl groups excluding tert-OH is 1. The smallest absolute Gasteiger partial charge is 0.202 e. The largest absolute Gasteiger partial charge is 0.508 e.